The molecule has 1 aromatic carbocycles. The van der Waals surface area contributed by atoms with E-state index in [-0.39, 0.29) is 5.91 Å². The smallest absolute Gasteiger partial charge is 0.223 e. The first-order valence-electron chi connectivity index (χ1n) is 7.05. The molecule has 1 heterocycles. The van der Waals surface area contributed by atoms with Gasteiger partial charge in [0, 0.05) is 6.92 Å². The van der Waals surface area contributed by atoms with Crippen molar-refractivity contribution in [2.75, 3.05) is 26.6 Å². The molecule has 8 nitrogen and oxygen atoms in total. The van der Waals surface area contributed by atoms with Gasteiger partial charge in [-0.05, 0) is 23.8 Å². The molecule has 130 valence electrons. The van der Waals surface area contributed by atoms with Gasteiger partial charge in [0.2, 0.25) is 16.8 Å². The third kappa shape index (κ3) is 4.24. The highest BCUT2D eigenvalue weighted by molar-refractivity contribution is 7.16. The summed E-state index contributed by atoms with van der Waals surface area (Å²) in [5.41, 5.74) is 0.964. The summed E-state index contributed by atoms with van der Waals surface area (Å²) in [5, 5.41) is 20.4. The topological polar surface area (TPSA) is 106 Å². The Morgan fingerprint density at radius 2 is 1.84 bits per heavy atom. The van der Waals surface area contributed by atoms with Crippen LogP contribution in [0.2, 0.25) is 0 Å². The number of hydrogen-bond acceptors (Lipinski definition) is 8. The van der Waals surface area contributed by atoms with Crippen molar-refractivity contribution in [3.8, 4) is 23.3 Å². The van der Waals surface area contributed by atoms with Crippen LogP contribution in [0, 0.1) is 11.3 Å². The number of rotatable bonds is 6. The Labute approximate surface area is 148 Å². The fraction of sp³-hybridized carbons (Fsp3) is 0.250. The van der Waals surface area contributed by atoms with Gasteiger partial charge in [-0.2, -0.15) is 5.26 Å². The third-order valence-corrected chi connectivity index (χ3v) is 3.93. The van der Waals surface area contributed by atoms with Crippen LogP contribution in [0.1, 0.15) is 17.5 Å². The summed E-state index contributed by atoms with van der Waals surface area (Å²) in [6.07, 6.45) is 1.63. The molecular formula is C16H16N4O4S. The normalized spacial score (nSPS) is 10.8. The molecule has 1 aromatic heterocycles. The number of ether oxygens (including phenoxy) is 3. The highest BCUT2D eigenvalue weighted by Crippen LogP contribution is 2.39. The van der Waals surface area contributed by atoms with Crippen LogP contribution in [0.25, 0.3) is 11.6 Å². The number of nitrogens with one attached hydrogen (secondary N) is 1. The summed E-state index contributed by atoms with van der Waals surface area (Å²) < 4.78 is 15.9. The van der Waals surface area contributed by atoms with Crippen molar-refractivity contribution in [1.82, 2.24) is 10.2 Å². The number of carbonyl (C=O) groups excluding carboxylic acids is 1. The van der Waals surface area contributed by atoms with Crippen molar-refractivity contribution in [2.45, 2.75) is 6.92 Å². The largest absolute Gasteiger partial charge is 0.493 e. The van der Waals surface area contributed by atoms with Gasteiger partial charge >= 0.3 is 0 Å². The molecule has 2 aromatic rings. The van der Waals surface area contributed by atoms with Gasteiger partial charge in [-0.3, -0.25) is 4.79 Å². The van der Waals surface area contributed by atoms with Crippen molar-refractivity contribution in [3.63, 3.8) is 0 Å². The summed E-state index contributed by atoms with van der Waals surface area (Å²) in [5.74, 6) is 1.16. The molecule has 0 aliphatic carbocycles. The van der Waals surface area contributed by atoms with Crippen LogP contribution in [-0.4, -0.2) is 37.4 Å². The van der Waals surface area contributed by atoms with Crippen molar-refractivity contribution in [3.05, 3.63) is 22.7 Å². The molecular weight excluding hydrogens is 344 g/mol. The number of hydrogen-bond donors (Lipinski definition) is 1. The second-order valence-electron chi connectivity index (χ2n) is 4.72. The maximum Gasteiger partial charge on any atom is 0.223 e. The molecule has 9 heteroatoms. The Morgan fingerprint density at radius 3 is 2.32 bits per heavy atom. The molecule has 0 bridgehead atoms. The number of nitrogens with zero attached hydrogens (tertiary/aromatic N) is 3. The zero-order chi connectivity index (χ0) is 18.4. The van der Waals surface area contributed by atoms with Gasteiger partial charge in [-0.15, -0.1) is 10.2 Å². The molecule has 0 saturated heterocycles. The summed E-state index contributed by atoms with van der Waals surface area (Å²) >= 11 is 1.11. The van der Waals surface area contributed by atoms with Crippen LogP contribution in [0.3, 0.4) is 0 Å². The number of allylic oxidation sites excluding steroid dienone is 1. The van der Waals surface area contributed by atoms with Gasteiger partial charge in [-0.1, -0.05) is 11.3 Å². The SMILES string of the molecule is COc1cc(/C=C(\C#N)c2nnc(NC(C)=O)s2)cc(OC)c1OC. The molecule has 2 rings (SSSR count). The maximum absolute atomic E-state index is 11.1. The number of methoxy groups -OCH3 is 3. The van der Waals surface area contributed by atoms with E-state index in [1.807, 2.05) is 0 Å². The first-order valence-corrected chi connectivity index (χ1v) is 7.87. The van der Waals surface area contributed by atoms with Crippen LogP contribution >= 0.6 is 11.3 Å². The van der Waals surface area contributed by atoms with Gasteiger partial charge in [0.15, 0.2) is 16.5 Å². The molecule has 1 N–H and O–H groups in total. The van der Waals surface area contributed by atoms with E-state index in [9.17, 15) is 10.1 Å². The van der Waals surface area contributed by atoms with Crippen molar-refractivity contribution in [2.24, 2.45) is 0 Å². The zero-order valence-electron chi connectivity index (χ0n) is 14.1. The van der Waals surface area contributed by atoms with Crippen LogP contribution in [0.5, 0.6) is 17.2 Å². The summed E-state index contributed by atoms with van der Waals surface area (Å²) in [7, 11) is 4.54. The Kier molecular flexibility index (Phi) is 5.92. The standard InChI is InChI=1S/C16H16N4O4S/c1-9(21)18-16-20-19-15(25-16)11(8-17)5-10-6-12(22-2)14(24-4)13(7-10)23-3/h5-7H,1-4H3,(H,18,20,21)/b11-5+. The van der Waals surface area contributed by atoms with Gasteiger partial charge < -0.3 is 19.5 Å². The predicted octanol–water partition coefficient (Wildman–Crippen LogP) is 2.59. The van der Waals surface area contributed by atoms with E-state index in [4.69, 9.17) is 14.2 Å². The lowest BCUT2D eigenvalue weighted by Gasteiger charge is -2.12. The Hall–Kier alpha value is -3.12. The lowest BCUT2D eigenvalue weighted by atomic mass is 10.1. The van der Waals surface area contributed by atoms with Crippen molar-refractivity contribution in [1.29, 1.82) is 5.26 Å². The van der Waals surface area contributed by atoms with Crippen molar-refractivity contribution < 1.29 is 19.0 Å². The van der Waals surface area contributed by atoms with Crippen LogP contribution < -0.4 is 19.5 Å². The fourth-order valence-electron chi connectivity index (χ4n) is 2.03. The highest BCUT2D eigenvalue weighted by Gasteiger charge is 2.14. The first kappa shape index (κ1) is 18.2. The number of benzene rings is 1. The van der Waals surface area contributed by atoms with E-state index in [1.54, 1.807) is 18.2 Å². The van der Waals surface area contributed by atoms with Gasteiger partial charge in [0.05, 0.1) is 26.9 Å². The number of anilines is 1. The number of carbonyl (C=O) groups is 1. The number of aromatic nitrogens is 2. The monoisotopic (exact) mass is 360 g/mol. The molecule has 0 unspecified atom stereocenters. The number of nitriles is 1. The lowest BCUT2D eigenvalue weighted by Crippen LogP contribution is -2.04. The molecule has 0 fully saturated rings. The minimum Gasteiger partial charge on any atom is -0.493 e. The van der Waals surface area contributed by atoms with Crippen LogP contribution in [-0.2, 0) is 4.79 Å². The minimum absolute atomic E-state index is 0.255. The number of amides is 1. The molecule has 0 radical (unpaired) electrons. The molecule has 0 spiro atoms. The second-order valence-corrected chi connectivity index (χ2v) is 5.70. The van der Waals surface area contributed by atoms with E-state index in [2.05, 4.69) is 21.6 Å². The molecule has 0 saturated carbocycles. The van der Waals surface area contributed by atoms with E-state index < -0.39 is 0 Å². The Morgan fingerprint density at radius 1 is 1.20 bits per heavy atom. The van der Waals surface area contributed by atoms with E-state index in [0.29, 0.717) is 38.5 Å². The third-order valence-electron chi connectivity index (χ3n) is 3.06. The summed E-state index contributed by atoms with van der Waals surface area (Å²) in [4.78, 5) is 11.1. The zero-order valence-corrected chi connectivity index (χ0v) is 14.9. The lowest BCUT2D eigenvalue weighted by molar-refractivity contribution is -0.114. The molecule has 0 aliphatic heterocycles. The van der Waals surface area contributed by atoms with E-state index in [0.717, 1.165) is 11.3 Å². The fourth-order valence-corrected chi connectivity index (χ4v) is 2.78. The Balaban J connectivity index is 2.44. The second kappa shape index (κ2) is 8.12. The highest BCUT2D eigenvalue weighted by atomic mass is 32.1. The van der Waals surface area contributed by atoms with Gasteiger partial charge in [-0.25, -0.2) is 0 Å². The van der Waals surface area contributed by atoms with E-state index >= 15 is 0 Å². The Bertz CT molecular complexity index is 829. The maximum atomic E-state index is 11.1. The van der Waals surface area contributed by atoms with Crippen LogP contribution in [0.4, 0.5) is 5.13 Å². The molecule has 0 atom stereocenters. The quantitative estimate of drug-likeness (QED) is 0.789. The summed E-state index contributed by atoms with van der Waals surface area (Å²) in [6.45, 7) is 1.37. The average molecular weight is 360 g/mol. The predicted molar refractivity (Wildman–Crippen MR) is 93.8 cm³/mol. The summed E-state index contributed by atoms with van der Waals surface area (Å²) in [6, 6.07) is 5.51. The van der Waals surface area contributed by atoms with Gasteiger partial charge in [0.25, 0.3) is 0 Å². The first-order chi connectivity index (χ1) is 12.0. The van der Waals surface area contributed by atoms with Crippen molar-refractivity contribution >= 4 is 34.0 Å². The van der Waals surface area contributed by atoms with Crippen LogP contribution in [0.15, 0.2) is 12.1 Å². The van der Waals surface area contributed by atoms with E-state index in [1.165, 1.54) is 28.3 Å². The molecule has 25 heavy (non-hydrogen) atoms. The molecule has 0 aliphatic rings. The molecule has 1 amide bonds. The minimum atomic E-state index is -0.255. The average Bonchev–Trinajstić information content (AvgIpc) is 3.05. The van der Waals surface area contributed by atoms with Gasteiger partial charge in [0.1, 0.15) is 6.07 Å².